The van der Waals surface area contributed by atoms with Crippen LogP contribution in [-0.2, 0) is 6.54 Å². The zero-order valence-electron chi connectivity index (χ0n) is 16.9. The molecule has 2 atom stereocenters. The van der Waals surface area contributed by atoms with Gasteiger partial charge in [0.25, 0.3) is 0 Å². The molecule has 0 radical (unpaired) electrons. The van der Waals surface area contributed by atoms with Gasteiger partial charge in [0.05, 0.1) is 11.3 Å². The lowest BCUT2D eigenvalue weighted by Crippen LogP contribution is -2.43. The first-order valence-corrected chi connectivity index (χ1v) is 10.5. The third-order valence-corrected chi connectivity index (χ3v) is 6.06. The Bertz CT molecular complexity index is 855. The Kier molecular flexibility index (Phi) is 6.07. The molecule has 2 heterocycles. The molecule has 1 saturated heterocycles. The number of hydrogen-bond acceptors (Lipinski definition) is 4. The number of nitrogens with zero attached hydrogens (tertiary/aromatic N) is 2. The van der Waals surface area contributed by atoms with Crippen molar-refractivity contribution in [1.29, 1.82) is 0 Å². The monoisotopic (exact) mass is 391 g/mol. The lowest BCUT2D eigenvalue weighted by molar-refractivity contribution is 0.0696. The summed E-state index contributed by atoms with van der Waals surface area (Å²) in [4.78, 5) is 17.6. The van der Waals surface area contributed by atoms with Gasteiger partial charge in [-0.05, 0) is 49.8 Å². The molecule has 2 aromatic rings. The first-order valence-electron chi connectivity index (χ1n) is 10.5. The summed E-state index contributed by atoms with van der Waals surface area (Å²) in [5.41, 5.74) is 3.94. The molecule has 1 aliphatic heterocycles. The highest BCUT2D eigenvalue weighted by Gasteiger charge is 2.39. The molecule has 0 spiro atoms. The van der Waals surface area contributed by atoms with Crippen molar-refractivity contribution in [1.82, 2.24) is 15.2 Å². The van der Waals surface area contributed by atoms with E-state index in [9.17, 15) is 4.79 Å². The predicted molar refractivity (Wildman–Crippen MR) is 115 cm³/mol. The van der Waals surface area contributed by atoms with Gasteiger partial charge in [-0.3, -0.25) is 9.88 Å². The van der Waals surface area contributed by atoms with Crippen LogP contribution in [0.5, 0.6) is 0 Å². The van der Waals surface area contributed by atoms with Crippen molar-refractivity contribution < 1.29 is 9.90 Å². The van der Waals surface area contributed by atoms with Crippen LogP contribution in [0.4, 0.5) is 0 Å². The molecule has 0 bridgehead atoms. The van der Waals surface area contributed by atoms with Gasteiger partial charge in [0.1, 0.15) is 0 Å². The van der Waals surface area contributed by atoms with Crippen LogP contribution in [0, 0.1) is 5.92 Å². The van der Waals surface area contributed by atoms with Crippen molar-refractivity contribution >= 4 is 12.0 Å². The van der Waals surface area contributed by atoms with E-state index in [0.29, 0.717) is 18.0 Å². The van der Waals surface area contributed by atoms with Crippen molar-refractivity contribution in [2.24, 2.45) is 5.92 Å². The summed E-state index contributed by atoms with van der Waals surface area (Å²) in [6.45, 7) is 5.15. The van der Waals surface area contributed by atoms with Gasteiger partial charge in [0.15, 0.2) is 0 Å². The molecule has 29 heavy (non-hydrogen) atoms. The molecule has 4 rings (SSSR count). The molecule has 1 aliphatic carbocycles. The Balaban J connectivity index is 1.21. The Morgan fingerprint density at radius 3 is 2.62 bits per heavy atom. The number of rotatable bonds is 7. The van der Waals surface area contributed by atoms with Crippen molar-refractivity contribution in [3.05, 3.63) is 71.1 Å². The van der Waals surface area contributed by atoms with E-state index in [2.05, 4.69) is 58.5 Å². The SMILES string of the molecule is C/C(=C\c1ccccc1)[C@@H]1C[C@H]1NC1CCN(Cc2ccc(C(=O)O)cn2)CC1. The van der Waals surface area contributed by atoms with E-state index >= 15 is 0 Å². The normalized spacial score (nSPS) is 23.1. The van der Waals surface area contributed by atoms with E-state index in [1.807, 2.05) is 6.07 Å². The third-order valence-electron chi connectivity index (χ3n) is 6.06. The van der Waals surface area contributed by atoms with Gasteiger partial charge < -0.3 is 10.4 Å². The molecule has 2 aliphatic rings. The number of aromatic carboxylic acids is 1. The van der Waals surface area contributed by atoms with Gasteiger partial charge in [-0.25, -0.2) is 4.79 Å². The minimum absolute atomic E-state index is 0.243. The van der Waals surface area contributed by atoms with Gasteiger partial charge in [0, 0.05) is 37.9 Å². The number of carboxylic acid groups (broad SMARTS) is 1. The Labute approximate surface area is 172 Å². The Hall–Kier alpha value is -2.50. The molecule has 5 nitrogen and oxygen atoms in total. The van der Waals surface area contributed by atoms with Crippen LogP contribution < -0.4 is 5.32 Å². The van der Waals surface area contributed by atoms with E-state index in [1.165, 1.54) is 23.8 Å². The molecule has 1 aromatic heterocycles. The van der Waals surface area contributed by atoms with Crippen molar-refractivity contribution in [2.75, 3.05) is 13.1 Å². The predicted octanol–water partition coefficient (Wildman–Crippen LogP) is 3.83. The van der Waals surface area contributed by atoms with Crippen LogP contribution in [0.1, 0.15) is 47.8 Å². The highest BCUT2D eigenvalue weighted by Crippen LogP contribution is 2.38. The number of likely N-dealkylation sites (tertiary alicyclic amines) is 1. The number of pyridine rings is 1. The summed E-state index contributed by atoms with van der Waals surface area (Å²) >= 11 is 0. The fourth-order valence-electron chi connectivity index (χ4n) is 4.24. The van der Waals surface area contributed by atoms with Crippen LogP contribution in [0.3, 0.4) is 0 Å². The Morgan fingerprint density at radius 1 is 1.21 bits per heavy atom. The maximum absolute atomic E-state index is 10.9. The fraction of sp³-hybridized carbons (Fsp3) is 0.417. The van der Waals surface area contributed by atoms with Gasteiger partial charge in [0.2, 0.25) is 0 Å². The highest BCUT2D eigenvalue weighted by atomic mass is 16.4. The molecule has 1 saturated carbocycles. The lowest BCUT2D eigenvalue weighted by Gasteiger charge is -2.32. The number of aromatic nitrogens is 1. The zero-order chi connectivity index (χ0) is 20.2. The summed E-state index contributed by atoms with van der Waals surface area (Å²) in [6.07, 6.45) is 7.31. The summed E-state index contributed by atoms with van der Waals surface area (Å²) in [5, 5.41) is 12.8. The number of piperidine rings is 1. The molecule has 0 amide bonds. The average Bonchev–Trinajstić information content (AvgIpc) is 3.50. The maximum Gasteiger partial charge on any atom is 0.337 e. The first-order chi connectivity index (χ1) is 14.1. The molecular weight excluding hydrogens is 362 g/mol. The van der Waals surface area contributed by atoms with Crippen molar-refractivity contribution in [3.63, 3.8) is 0 Å². The third kappa shape index (κ3) is 5.31. The highest BCUT2D eigenvalue weighted by molar-refractivity contribution is 5.87. The van der Waals surface area contributed by atoms with Gasteiger partial charge >= 0.3 is 5.97 Å². The van der Waals surface area contributed by atoms with Gasteiger partial charge in [-0.1, -0.05) is 42.0 Å². The largest absolute Gasteiger partial charge is 0.478 e. The van der Waals surface area contributed by atoms with Crippen LogP contribution >= 0.6 is 0 Å². The zero-order valence-corrected chi connectivity index (χ0v) is 16.9. The van der Waals surface area contributed by atoms with E-state index in [4.69, 9.17) is 5.11 Å². The summed E-state index contributed by atoms with van der Waals surface area (Å²) < 4.78 is 0. The molecule has 152 valence electrons. The second-order valence-electron chi connectivity index (χ2n) is 8.31. The van der Waals surface area contributed by atoms with Crippen molar-refractivity contribution in [2.45, 2.75) is 44.8 Å². The second kappa shape index (κ2) is 8.89. The van der Waals surface area contributed by atoms with Crippen molar-refractivity contribution in [3.8, 4) is 0 Å². The van der Waals surface area contributed by atoms with E-state index in [-0.39, 0.29) is 5.56 Å². The standard InChI is InChI=1S/C24H29N3O2/c1-17(13-18-5-3-2-4-6-18)22-14-23(22)26-20-9-11-27(12-10-20)16-21-8-7-19(15-25-21)24(28)29/h2-8,13,15,20,22-23,26H,9-12,14,16H2,1H3,(H,28,29)/b17-13+/t22-,23+/m0/s1. The second-order valence-corrected chi connectivity index (χ2v) is 8.31. The van der Waals surface area contributed by atoms with Crippen LogP contribution in [-0.4, -0.2) is 46.1 Å². The molecule has 5 heteroatoms. The lowest BCUT2D eigenvalue weighted by atomic mass is 10.0. The Morgan fingerprint density at radius 2 is 1.97 bits per heavy atom. The maximum atomic E-state index is 10.9. The smallest absolute Gasteiger partial charge is 0.337 e. The van der Waals surface area contributed by atoms with Crippen LogP contribution in [0.15, 0.2) is 54.2 Å². The molecule has 2 N–H and O–H groups in total. The summed E-state index contributed by atoms with van der Waals surface area (Å²) in [6, 6.07) is 15.2. The van der Waals surface area contributed by atoms with E-state index < -0.39 is 5.97 Å². The number of nitrogens with one attached hydrogen (secondary N) is 1. The molecule has 1 aromatic carbocycles. The summed E-state index contributed by atoms with van der Waals surface area (Å²) in [5.74, 6) is -0.256. The quantitative estimate of drug-likeness (QED) is 0.751. The number of benzene rings is 1. The van der Waals surface area contributed by atoms with E-state index in [0.717, 1.165) is 38.2 Å². The van der Waals surface area contributed by atoms with Gasteiger partial charge in [-0.15, -0.1) is 0 Å². The van der Waals surface area contributed by atoms with E-state index in [1.54, 1.807) is 6.07 Å². The topological polar surface area (TPSA) is 65.5 Å². The minimum Gasteiger partial charge on any atom is -0.478 e. The summed E-state index contributed by atoms with van der Waals surface area (Å²) in [7, 11) is 0. The fourth-order valence-corrected chi connectivity index (χ4v) is 4.24. The molecule has 2 fully saturated rings. The molecule has 0 unspecified atom stereocenters. The number of carboxylic acids is 1. The van der Waals surface area contributed by atoms with Crippen LogP contribution in [0.2, 0.25) is 0 Å². The minimum atomic E-state index is -0.928. The van der Waals surface area contributed by atoms with Gasteiger partial charge in [-0.2, -0.15) is 0 Å². The number of hydrogen-bond donors (Lipinski definition) is 2. The molecular formula is C24H29N3O2. The first kappa shape index (κ1) is 19.8. The average molecular weight is 392 g/mol. The number of carbonyl (C=O) groups is 1. The van der Waals surface area contributed by atoms with Crippen LogP contribution in [0.25, 0.3) is 6.08 Å².